The molecule has 0 spiro atoms. The van der Waals surface area contributed by atoms with Crippen LogP contribution in [0, 0.1) is 17.5 Å². The molecule has 3 N–H and O–H groups in total. The van der Waals surface area contributed by atoms with Crippen molar-refractivity contribution in [2.45, 2.75) is 4.90 Å². The fourth-order valence-corrected chi connectivity index (χ4v) is 1.71. The standard InChI is InChI=1S/C7H4F3NO4S/c8-2-1-3(16(13,14)15)4(7(11)12)6(10)5(2)9/h1H,(H2,11,12)(H,13,14,15). The Hall–Kier alpha value is -1.61. The van der Waals surface area contributed by atoms with Crippen LogP contribution in [0.25, 0.3) is 0 Å². The van der Waals surface area contributed by atoms with E-state index in [9.17, 15) is 26.4 Å². The van der Waals surface area contributed by atoms with E-state index in [1.54, 1.807) is 0 Å². The maximum Gasteiger partial charge on any atom is 0.295 e. The molecule has 0 aliphatic rings. The first-order chi connectivity index (χ1) is 7.16. The molecule has 0 fully saturated rings. The number of primary amides is 1. The number of halogens is 3. The molecule has 0 saturated carbocycles. The minimum atomic E-state index is -5.09. The number of hydrogen-bond acceptors (Lipinski definition) is 3. The Morgan fingerprint density at radius 3 is 2.12 bits per heavy atom. The molecule has 0 aliphatic carbocycles. The van der Waals surface area contributed by atoms with Gasteiger partial charge in [-0.2, -0.15) is 8.42 Å². The SMILES string of the molecule is NC(=O)c1c(S(=O)(=O)O)cc(F)c(F)c1F. The van der Waals surface area contributed by atoms with Crippen molar-refractivity contribution >= 4 is 16.0 Å². The summed E-state index contributed by atoms with van der Waals surface area (Å²) in [5.74, 6) is -7.64. The van der Waals surface area contributed by atoms with Gasteiger partial charge in [-0.1, -0.05) is 0 Å². The van der Waals surface area contributed by atoms with Crippen molar-refractivity contribution in [2.24, 2.45) is 5.73 Å². The van der Waals surface area contributed by atoms with Crippen molar-refractivity contribution in [3.8, 4) is 0 Å². The van der Waals surface area contributed by atoms with Crippen molar-refractivity contribution in [2.75, 3.05) is 0 Å². The molecule has 0 bridgehead atoms. The van der Waals surface area contributed by atoms with Crippen LogP contribution in [-0.4, -0.2) is 18.9 Å². The van der Waals surface area contributed by atoms with Crippen LogP contribution in [-0.2, 0) is 10.1 Å². The minimum absolute atomic E-state index is 0.0339. The number of rotatable bonds is 2. The minimum Gasteiger partial charge on any atom is -0.365 e. The van der Waals surface area contributed by atoms with Gasteiger partial charge in [-0.15, -0.1) is 0 Å². The molecule has 0 atom stereocenters. The average molecular weight is 255 g/mol. The molecule has 0 saturated heterocycles. The predicted molar refractivity (Wildman–Crippen MR) is 44.6 cm³/mol. The van der Waals surface area contributed by atoms with Gasteiger partial charge >= 0.3 is 0 Å². The lowest BCUT2D eigenvalue weighted by Gasteiger charge is -2.06. The molecule has 88 valence electrons. The lowest BCUT2D eigenvalue weighted by molar-refractivity contribution is 0.0991. The van der Waals surface area contributed by atoms with Crippen molar-refractivity contribution in [1.29, 1.82) is 0 Å². The maximum absolute atomic E-state index is 13.0. The average Bonchev–Trinajstić information content (AvgIpc) is 2.11. The summed E-state index contributed by atoms with van der Waals surface area (Å²) in [6, 6.07) is -0.0339. The smallest absolute Gasteiger partial charge is 0.295 e. The van der Waals surface area contributed by atoms with Crippen molar-refractivity contribution in [3.63, 3.8) is 0 Å². The number of carbonyl (C=O) groups excluding carboxylic acids is 1. The highest BCUT2D eigenvalue weighted by molar-refractivity contribution is 7.86. The molecule has 1 rings (SSSR count). The van der Waals surface area contributed by atoms with Gasteiger partial charge in [0.1, 0.15) is 4.90 Å². The third-order valence-corrected chi connectivity index (χ3v) is 2.53. The molecule has 9 heteroatoms. The molecule has 16 heavy (non-hydrogen) atoms. The van der Waals surface area contributed by atoms with E-state index in [1.807, 2.05) is 0 Å². The summed E-state index contributed by atoms with van der Waals surface area (Å²) in [6.07, 6.45) is 0. The molecule has 0 aliphatic heterocycles. The van der Waals surface area contributed by atoms with Crippen LogP contribution in [0.4, 0.5) is 13.2 Å². The van der Waals surface area contributed by atoms with E-state index >= 15 is 0 Å². The third-order valence-electron chi connectivity index (χ3n) is 1.65. The highest BCUT2D eigenvalue weighted by Crippen LogP contribution is 2.23. The van der Waals surface area contributed by atoms with Gasteiger partial charge in [0.25, 0.3) is 16.0 Å². The summed E-state index contributed by atoms with van der Waals surface area (Å²) in [7, 11) is -5.09. The molecule has 0 unspecified atom stereocenters. The van der Waals surface area contributed by atoms with E-state index in [-0.39, 0.29) is 6.07 Å². The maximum atomic E-state index is 13.0. The topological polar surface area (TPSA) is 97.5 Å². The van der Waals surface area contributed by atoms with E-state index in [4.69, 9.17) is 4.55 Å². The van der Waals surface area contributed by atoms with Crippen LogP contribution in [0.2, 0.25) is 0 Å². The van der Waals surface area contributed by atoms with E-state index in [0.717, 1.165) is 0 Å². The largest absolute Gasteiger partial charge is 0.365 e. The van der Waals surface area contributed by atoms with Crippen LogP contribution >= 0.6 is 0 Å². The Morgan fingerprint density at radius 2 is 1.75 bits per heavy atom. The van der Waals surface area contributed by atoms with Crippen LogP contribution in [0.5, 0.6) is 0 Å². The van der Waals surface area contributed by atoms with Crippen molar-refractivity contribution < 1.29 is 30.9 Å². The first-order valence-electron chi connectivity index (χ1n) is 3.61. The summed E-state index contributed by atoms with van der Waals surface area (Å²) in [6.45, 7) is 0. The predicted octanol–water partition coefficient (Wildman–Crippen LogP) is 0.450. The lowest BCUT2D eigenvalue weighted by Crippen LogP contribution is -2.20. The highest BCUT2D eigenvalue weighted by atomic mass is 32.2. The van der Waals surface area contributed by atoms with E-state index in [0.29, 0.717) is 0 Å². The molecule has 1 aromatic carbocycles. The fourth-order valence-electron chi connectivity index (χ4n) is 1.01. The number of carbonyl (C=O) groups is 1. The van der Waals surface area contributed by atoms with Crippen molar-refractivity contribution in [3.05, 3.63) is 29.1 Å². The number of hydrogen-bond donors (Lipinski definition) is 2. The molecule has 0 radical (unpaired) electrons. The Kier molecular flexibility index (Phi) is 2.93. The van der Waals surface area contributed by atoms with E-state index < -0.39 is 43.9 Å². The molecular formula is C7H4F3NO4S. The Morgan fingerprint density at radius 1 is 1.25 bits per heavy atom. The zero-order valence-electron chi connectivity index (χ0n) is 7.37. The van der Waals surface area contributed by atoms with Gasteiger partial charge in [-0.3, -0.25) is 9.35 Å². The van der Waals surface area contributed by atoms with Gasteiger partial charge in [0.05, 0.1) is 5.56 Å². The summed E-state index contributed by atoms with van der Waals surface area (Å²) in [5.41, 5.74) is 3.16. The van der Waals surface area contributed by atoms with Crippen LogP contribution < -0.4 is 5.73 Å². The second kappa shape index (κ2) is 3.76. The van der Waals surface area contributed by atoms with Gasteiger partial charge < -0.3 is 5.73 Å². The number of benzene rings is 1. The van der Waals surface area contributed by atoms with Crippen LogP contribution in [0.3, 0.4) is 0 Å². The second-order valence-electron chi connectivity index (χ2n) is 2.70. The number of amides is 1. The third kappa shape index (κ3) is 1.99. The normalized spacial score (nSPS) is 11.5. The van der Waals surface area contributed by atoms with Gasteiger partial charge in [-0.05, 0) is 6.07 Å². The molecule has 1 aromatic rings. The zero-order valence-corrected chi connectivity index (χ0v) is 8.19. The van der Waals surface area contributed by atoms with Gasteiger partial charge in [0.2, 0.25) is 0 Å². The second-order valence-corrected chi connectivity index (χ2v) is 4.09. The Bertz CT molecular complexity index is 569. The summed E-state index contributed by atoms with van der Waals surface area (Å²) < 4.78 is 68.3. The monoisotopic (exact) mass is 255 g/mol. The highest BCUT2D eigenvalue weighted by Gasteiger charge is 2.28. The zero-order chi connectivity index (χ0) is 12.7. The molecule has 1 amide bonds. The van der Waals surface area contributed by atoms with Crippen molar-refractivity contribution in [1.82, 2.24) is 0 Å². The Labute approximate surface area is 87.4 Å². The Balaban J connectivity index is 3.82. The summed E-state index contributed by atoms with van der Waals surface area (Å²) in [5, 5.41) is 0. The van der Waals surface area contributed by atoms with E-state index in [1.165, 1.54) is 0 Å². The summed E-state index contributed by atoms with van der Waals surface area (Å²) >= 11 is 0. The summed E-state index contributed by atoms with van der Waals surface area (Å²) in [4.78, 5) is 9.25. The molecule has 5 nitrogen and oxygen atoms in total. The van der Waals surface area contributed by atoms with E-state index in [2.05, 4.69) is 5.73 Å². The molecular weight excluding hydrogens is 251 g/mol. The van der Waals surface area contributed by atoms with Crippen LogP contribution in [0.15, 0.2) is 11.0 Å². The first kappa shape index (κ1) is 12.5. The molecule has 0 heterocycles. The van der Waals surface area contributed by atoms with Crippen LogP contribution in [0.1, 0.15) is 10.4 Å². The quantitative estimate of drug-likeness (QED) is 0.592. The lowest BCUT2D eigenvalue weighted by atomic mass is 10.2. The first-order valence-corrected chi connectivity index (χ1v) is 5.05. The fraction of sp³-hybridized carbons (Fsp3) is 0. The number of nitrogens with two attached hydrogens (primary N) is 1. The van der Waals surface area contributed by atoms with Gasteiger partial charge in [0.15, 0.2) is 17.5 Å². The molecule has 0 aromatic heterocycles. The van der Waals surface area contributed by atoms with Gasteiger partial charge in [0, 0.05) is 0 Å². The van der Waals surface area contributed by atoms with Gasteiger partial charge in [-0.25, -0.2) is 13.2 Å².